The normalized spacial score (nSPS) is 29.1. The van der Waals surface area contributed by atoms with Gasteiger partial charge in [0.05, 0.1) is 13.2 Å². The Morgan fingerprint density at radius 3 is 2.33 bits per heavy atom. The molecular weight excluding hydrogens is 379 g/mol. The number of fused-ring (bicyclic) bond motifs is 1. The molecule has 4 nitrogen and oxygen atoms in total. The summed E-state index contributed by atoms with van der Waals surface area (Å²) >= 11 is 1.42. The topological polar surface area (TPSA) is 55.8 Å². The minimum absolute atomic E-state index is 0.238. The zero-order valence-electron chi connectivity index (χ0n) is 15.4. The van der Waals surface area contributed by atoms with Gasteiger partial charge in [0.2, 0.25) is 0 Å². The van der Waals surface area contributed by atoms with E-state index in [0.717, 1.165) is 4.90 Å². The van der Waals surface area contributed by atoms with Crippen LogP contribution >= 0.6 is 19.4 Å². The second-order valence-corrected chi connectivity index (χ2v) is 11.2. The summed E-state index contributed by atoms with van der Waals surface area (Å²) in [5.74, 6) is 0. The van der Waals surface area contributed by atoms with E-state index in [1.807, 2.05) is 68.4 Å². The van der Waals surface area contributed by atoms with Gasteiger partial charge in [-0.25, -0.2) is 0 Å². The lowest BCUT2D eigenvalue weighted by Gasteiger charge is -2.49. The molecule has 1 saturated heterocycles. The molecule has 1 fully saturated rings. The van der Waals surface area contributed by atoms with E-state index in [-0.39, 0.29) is 5.41 Å². The maximum atomic E-state index is 14.2. The van der Waals surface area contributed by atoms with Gasteiger partial charge in [0.25, 0.3) is 0 Å². The van der Waals surface area contributed by atoms with E-state index in [4.69, 9.17) is 9.05 Å². The number of hydrogen-bond acceptors (Lipinski definition) is 5. The molecule has 2 aliphatic rings. The third-order valence-corrected chi connectivity index (χ3v) is 9.05. The van der Waals surface area contributed by atoms with Crippen molar-refractivity contribution in [3.8, 4) is 0 Å². The first kappa shape index (κ1) is 19.0. The maximum absolute atomic E-state index is 14.2. The SMILES string of the molecule is C=C1Sc2ccccc2[C@H](O)[C@@]1(c1ccccc1)P1(=O)OCC(C)(C)CO1. The first-order valence-corrected chi connectivity index (χ1v) is 11.3. The van der Waals surface area contributed by atoms with Crippen LogP contribution in [0.25, 0.3) is 0 Å². The molecule has 0 radical (unpaired) electrons. The molecule has 142 valence electrons. The molecule has 0 amide bonds. The Morgan fingerprint density at radius 2 is 1.67 bits per heavy atom. The molecule has 0 saturated carbocycles. The molecule has 2 aromatic rings. The molecule has 2 aromatic carbocycles. The summed E-state index contributed by atoms with van der Waals surface area (Å²) < 4.78 is 26.0. The molecule has 6 heteroatoms. The highest BCUT2D eigenvalue weighted by Crippen LogP contribution is 2.77. The summed E-state index contributed by atoms with van der Waals surface area (Å²) in [5, 5.41) is 10.2. The monoisotopic (exact) mass is 402 g/mol. The van der Waals surface area contributed by atoms with Crippen LogP contribution in [0.15, 0.2) is 71.0 Å². The molecule has 2 atom stereocenters. The van der Waals surface area contributed by atoms with Crippen molar-refractivity contribution in [3.63, 3.8) is 0 Å². The van der Waals surface area contributed by atoms with Gasteiger partial charge in [0.1, 0.15) is 6.10 Å². The van der Waals surface area contributed by atoms with Gasteiger partial charge in [-0.05, 0) is 17.2 Å². The molecule has 0 spiro atoms. The summed E-state index contributed by atoms with van der Waals surface area (Å²) in [6.07, 6.45) is -1.09. The Hall–Kier alpha value is -1.36. The minimum Gasteiger partial charge on any atom is -0.386 e. The molecule has 1 N–H and O–H groups in total. The highest BCUT2D eigenvalue weighted by Gasteiger charge is 2.63. The van der Waals surface area contributed by atoms with Crippen LogP contribution in [0.4, 0.5) is 0 Å². The average Bonchev–Trinajstić information content (AvgIpc) is 2.66. The molecule has 4 rings (SSSR count). The van der Waals surface area contributed by atoms with Crippen LogP contribution < -0.4 is 0 Å². The van der Waals surface area contributed by atoms with Crippen molar-refractivity contribution in [1.82, 2.24) is 0 Å². The fraction of sp³-hybridized carbons (Fsp3) is 0.333. The van der Waals surface area contributed by atoms with Crippen molar-refractivity contribution in [2.24, 2.45) is 5.41 Å². The minimum atomic E-state index is -3.76. The van der Waals surface area contributed by atoms with E-state index in [2.05, 4.69) is 6.58 Å². The number of hydrogen-bond donors (Lipinski definition) is 1. The zero-order chi connectivity index (χ0) is 19.3. The van der Waals surface area contributed by atoms with Crippen molar-refractivity contribution in [2.45, 2.75) is 30.0 Å². The third-order valence-electron chi connectivity index (χ3n) is 5.16. The van der Waals surface area contributed by atoms with Crippen LogP contribution in [0.1, 0.15) is 31.1 Å². The Balaban J connectivity index is 1.94. The Labute approximate surface area is 164 Å². The first-order chi connectivity index (χ1) is 12.8. The number of aliphatic hydroxyl groups excluding tert-OH is 1. The van der Waals surface area contributed by atoms with Gasteiger partial charge in [-0.3, -0.25) is 4.57 Å². The molecular formula is C21H23O4PS. The predicted octanol–water partition coefficient (Wildman–Crippen LogP) is 5.50. The van der Waals surface area contributed by atoms with Crippen LogP contribution in [0.2, 0.25) is 0 Å². The van der Waals surface area contributed by atoms with E-state index < -0.39 is 18.9 Å². The van der Waals surface area contributed by atoms with Crippen molar-refractivity contribution < 1.29 is 18.7 Å². The third kappa shape index (κ3) is 2.84. The maximum Gasteiger partial charge on any atom is 0.349 e. The zero-order valence-corrected chi connectivity index (χ0v) is 17.1. The lowest BCUT2D eigenvalue weighted by atomic mass is 9.87. The number of thioether (sulfide) groups is 1. The summed E-state index contributed by atoms with van der Waals surface area (Å²) in [6, 6.07) is 16.9. The smallest absolute Gasteiger partial charge is 0.349 e. The Bertz CT molecular complexity index is 913. The Kier molecular flexibility index (Phi) is 4.65. The van der Waals surface area contributed by atoms with E-state index >= 15 is 0 Å². The fourth-order valence-electron chi connectivity index (χ4n) is 3.66. The lowest BCUT2D eigenvalue weighted by Crippen LogP contribution is -2.42. The van der Waals surface area contributed by atoms with E-state index in [1.54, 1.807) is 0 Å². The summed E-state index contributed by atoms with van der Waals surface area (Å²) in [7, 11) is -3.76. The van der Waals surface area contributed by atoms with Gasteiger partial charge in [-0.15, -0.1) is 0 Å². The number of benzene rings is 2. The van der Waals surface area contributed by atoms with Gasteiger partial charge >= 0.3 is 7.60 Å². The van der Waals surface area contributed by atoms with Gasteiger partial charge in [0, 0.05) is 15.2 Å². The fourth-order valence-corrected chi connectivity index (χ4v) is 7.96. The van der Waals surface area contributed by atoms with Gasteiger partial charge in [-0.2, -0.15) is 0 Å². The Morgan fingerprint density at radius 1 is 1.07 bits per heavy atom. The van der Waals surface area contributed by atoms with Gasteiger partial charge < -0.3 is 14.2 Å². The first-order valence-electron chi connectivity index (χ1n) is 8.89. The summed E-state index contributed by atoms with van der Waals surface area (Å²) in [6.45, 7) is 8.82. The van der Waals surface area contributed by atoms with Crippen LogP contribution in [-0.2, 0) is 18.8 Å². The number of aliphatic hydroxyl groups is 1. The summed E-state index contributed by atoms with van der Waals surface area (Å²) in [4.78, 5) is 1.48. The molecule has 2 aliphatic heterocycles. The average molecular weight is 402 g/mol. The van der Waals surface area contributed by atoms with Crippen LogP contribution in [-0.4, -0.2) is 18.3 Å². The van der Waals surface area contributed by atoms with E-state index in [1.165, 1.54) is 11.8 Å². The second-order valence-electron chi connectivity index (χ2n) is 7.81. The molecule has 2 heterocycles. The molecule has 27 heavy (non-hydrogen) atoms. The standard InChI is InChI=1S/C21H23O4PS/c1-15-21(16-9-5-4-6-10-16,26(23)24-13-20(2,3)14-25-26)19(22)17-11-7-8-12-18(17)27-15/h4-12,19,22H,1,13-14H2,2-3H3/t19-,21+/m0/s1. The van der Waals surface area contributed by atoms with Crippen LogP contribution in [0, 0.1) is 5.41 Å². The van der Waals surface area contributed by atoms with Crippen molar-refractivity contribution in [1.29, 1.82) is 0 Å². The highest BCUT2D eigenvalue weighted by molar-refractivity contribution is 8.03. The van der Waals surface area contributed by atoms with E-state index in [0.29, 0.717) is 29.2 Å². The molecule has 0 bridgehead atoms. The van der Waals surface area contributed by atoms with Gasteiger partial charge in [-0.1, -0.05) is 80.7 Å². The predicted molar refractivity (Wildman–Crippen MR) is 108 cm³/mol. The lowest BCUT2D eigenvalue weighted by molar-refractivity contribution is 0.0194. The molecule has 0 aromatic heterocycles. The quantitative estimate of drug-likeness (QED) is 0.672. The number of rotatable bonds is 2. The van der Waals surface area contributed by atoms with Crippen LogP contribution in [0.3, 0.4) is 0 Å². The van der Waals surface area contributed by atoms with Crippen LogP contribution in [0.5, 0.6) is 0 Å². The van der Waals surface area contributed by atoms with Crippen molar-refractivity contribution in [3.05, 3.63) is 77.2 Å². The highest BCUT2D eigenvalue weighted by atomic mass is 32.2. The summed E-state index contributed by atoms with van der Waals surface area (Å²) in [5.41, 5.74) is 1.16. The van der Waals surface area contributed by atoms with Crippen molar-refractivity contribution >= 4 is 19.4 Å². The molecule has 0 aliphatic carbocycles. The largest absolute Gasteiger partial charge is 0.386 e. The second kappa shape index (κ2) is 6.61. The van der Waals surface area contributed by atoms with Gasteiger partial charge in [0.15, 0.2) is 5.16 Å². The van der Waals surface area contributed by atoms with E-state index in [9.17, 15) is 9.67 Å². The molecule has 0 unspecified atom stereocenters. The van der Waals surface area contributed by atoms with Crippen molar-refractivity contribution in [2.75, 3.05) is 13.2 Å².